The quantitative estimate of drug-likeness (QED) is 0.452. The molecule has 0 bridgehead atoms. The molecule has 4 aromatic rings. The Morgan fingerprint density at radius 3 is 2.87 bits per heavy atom. The second kappa shape index (κ2) is 7.94. The Balaban J connectivity index is 1.51. The minimum atomic E-state index is -2.66. The van der Waals surface area contributed by atoms with Gasteiger partial charge in [0, 0.05) is 40.3 Å². The summed E-state index contributed by atoms with van der Waals surface area (Å²) in [4.78, 5) is 4.67. The van der Waals surface area contributed by atoms with E-state index in [4.69, 9.17) is 4.52 Å². The normalized spacial score (nSPS) is 16.3. The van der Waals surface area contributed by atoms with Gasteiger partial charge in [0.2, 0.25) is 16.7 Å². The van der Waals surface area contributed by atoms with Crippen LogP contribution in [0.4, 0.5) is 0 Å². The van der Waals surface area contributed by atoms with Crippen LogP contribution in [0.25, 0.3) is 33.7 Å². The molecule has 0 spiro atoms. The highest BCUT2D eigenvalue weighted by molar-refractivity contribution is 7.70. The topological polar surface area (TPSA) is 90.0 Å². The van der Waals surface area contributed by atoms with Crippen LogP contribution in [0.2, 0.25) is 0 Å². The van der Waals surface area contributed by atoms with E-state index in [-0.39, 0.29) is 6.04 Å². The van der Waals surface area contributed by atoms with Crippen LogP contribution >= 0.6 is 0 Å². The lowest BCUT2D eigenvalue weighted by atomic mass is 9.85. The maximum absolute atomic E-state index is 11.2. The molecule has 1 N–H and O–H groups in total. The van der Waals surface area contributed by atoms with Gasteiger partial charge in [-0.1, -0.05) is 23.4 Å². The van der Waals surface area contributed by atoms with Gasteiger partial charge in [-0.25, -0.2) is 13.1 Å². The summed E-state index contributed by atoms with van der Waals surface area (Å²) in [6.07, 6.45) is 4.64. The van der Waals surface area contributed by atoms with Gasteiger partial charge in [-0.05, 0) is 68.5 Å². The zero-order valence-corrected chi connectivity index (χ0v) is 18.3. The van der Waals surface area contributed by atoms with E-state index in [1.165, 1.54) is 5.52 Å². The van der Waals surface area contributed by atoms with Crippen LogP contribution in [0, 0.1) is 0 Å². The number of hydrogen-bond donors (Lipinski definition) is 2. The van der Waals surface area contributed by atoms with Crippen LogP contribution in [0.1, 0.15) is 49.9 Å². The van der Waals surface area contributed by atoms with E-state index in [0.29, 0.717) is 17.8 Å². The van der Waals surface area contributed by atoms with Gasteiger partial charge in [0.25, 0.3) is 5.89 Å². The lowest BCUT2D eigenvalue weighted by Crippen LogP contribution is -2.24. The predicted molar refractivity (Wildman–Crippen MR) is 120 cm³/mol. The molecule has 0 aliphatic heterocycles. The molecule has 1 unspecified atom stereocenters. The van der Waals surface area contributed by atoms with Gasteiger partial charge in [0.15, 0.2) is 0 Å². The van der Waals surface area contributed by atoms with Crippen molar-refractivity contribution in [2.24, 2.45) is 0 Å². The third-order valence-corrected chi connectivity index (χ3v) is 6.48. The monoisotopic (exact) mass is 436 g/mol. The third-order valence-electron chi connectivity index (χ3n) is 5.96. The van der Waals surface area contributed by atoms with Crippen molar-refractivity contribution in [3.05, 3.63) is 59.8 Å². The van der Waals surface area contributed by atoms with Gasteiger partial charge in [-0.2, -0.15) is 4.98 Å². The van der Waals surface area contributed by atoms with Crippen LogP contribution < -0.4 is 4.72 Å². The van der Waals surface area contributed by atoms with Crippen LogP contribution in [0.15, 0.2) is 53.2 Å². The van der Waals surface area contributed by atoms with Gasteiger partial charge >= 0.3 is 0 Å². The van der Waals surface area contributed by atoms with Gasteiger partial charge in [-0.15, -0.1) is 0 Å². The molecule has 160 valence electrons. The van der Waals surface area contributed by atoms with E-state index in [1.807, 2.05) is 24.3 Å². The number of thiol groups is 1. The van der Waals surface area contributed by atoms with Crippen molar-refractivity contribution in [1.82, 2.24) is 19.4 Å². The number of aromatic nitrogens is 3. The van der Waals surface area contributed by atoms with E-state index >= 15 is 0 Å². The van der Waals surface area contributed by atoms with E-state index < -0.39 is 10.9 Å². The highest BCUT2D eigenvalue weighted by Gasteiger charge is 2.25. The Morgan fingerprint density at radius 2 is 2.06 bits per heavy atom. The van der Waals surface area contributed by atoms with E-state index in [0.717, 1.165) is 46.9 Å². The lowest BCUT2D eigenvalue weighted by molar-refractivity contribution is 0.432. The molecule has 1 aliphatic rings. The average Bonchev–Trinajstić information content (AvgIpc) is 3.40. The van der Waals surface area contributed by atoms with Gasteiger partial charge in [0.1, 0.15) is 0 Å². The van der Waals surface area contributed by atoms with Crippen LogP contribution in [-0.4, -0.2) is 23.1 Å². The first-order valence-electron chi connectivity index (χ1n) is 10.5. The predicted octanol–water partition coefficient (Wildman–Crippen LogP) is 4.43. The molecule has 0 radical (unpaired) electrons. The first-order chi connectivity index (χ1) is 15.0. The van der Waals surface area contributed by atoms with Crippen molar-refractivity contribution in [1.29, 1.82) is 0 Å². The standard InChI is InChI=1S/C23H24N4O3S/c1-14(2)27-12-11-15-13-16(9-10-21(15)27)23-24-22(25-30-23)19-7-3-6-18-17(19)5-4-8-20(18)26-31(28)29/h3,6-7,9-14,20,31H,4-5,8H2,1-2H3,(H,26,28,29). The number of rotatable bonds is 5. The number of fused-ring (bicyclic) bond motifs is 2. The Bertz CT molecular complexity index is 1330. The SMILES string of the molecule is CC(C)n1ccc2cc(-c3nc(-c4cccc5c4CCCC5N[SH](=O)=O)no3)ccc21. The van der Waals surface area contributed by atoms with Crippen LogP contribution in [-0.2, 0) is 17.3 Å². The smallest absolute Gasteiger partial charge is 0.258 e. The summed E-state index contributed by atoms with van der Waals surface area (Å²) < 4.78 is 32.9. The summed E-state index contributed by atoms with van der Waals surface area (Å²) in [7, 11) is -2.66. The second-order valence-electron chi connectivity index (χ2n) is 8.22. The molecule has 2 aromatic heterocycles. The molecular formula is C23H24N4O3S. The fraction of sp³-hybridized carbons (Fsp3) is 0.304. The number of hydrogen-bond acceptors (Lipinski definition) is 5. The highest BCUT2D eigenvalue weighted by atomic mass is 32.2. The molecule has 0 saturated carbocycles. The number of benzene rings is 2. The maximum Gasteiger partial charge on any atom is 0.258 e. The van der Waals surface area contributed by atoms with E-state index in [2.05, 4.69) is 57.7 Å². The molecule has 7 nitrogen and oxygen atoms in total. The fourth-order valence-electron chi connectivity index (χ4n) is 4.52. The Morgan fingerprint density at radius 1 is 1.19 bits per heavy atom. The average molecular weight is 437 g/mol. The van der Waals surface area contributed by atoms with Crippen LogP contribution in [0.3, 0.4) is 0 Å². The minimum Gasteiger partial charge on any atom is -0.345 e. The molecule has 0 saturated heterocycles. The fourth-order valence-corrected chi connectivity index (χ4v) is 5.04. The molecule has 31 heavy (non-hydrogen) atoms. The minimum absolute atomic E-state index is 0.205. The molecule has 2 aromatic carbocycles. The third kappa shape index (κ3) is 3.66. The van der Waals surface area contributed by atoms with Crippen molar-refractivity contribution in [3.63, 3.8) is 0 Å². The zero-order chi connectivity index (χ0) is 21.5. The summed E-state index contributed by atoms with van der Waals surface area (Å²) in [6, 6.07) is 14.3. The summed E-state index contributed by atoms with van der Waals surface area (Å²) in [5.74, 6) is 0.999. The first kappa shape index (κ1) is 20.0. The Labute approximate surface area is 182 Å². The van der Waals surface area contributed by atoms with Crippen molar-refractivity contribution in [2.75, 3.05) is 0 Å². The zero-order valence-electron chi connectivity index (χ0n) is 17.4. The van der Waals surface area contributed by atoms with E-state index in [1.54, 1.807) is 0 Å². The lowest BCUT2D eigenvalue weighted by Gasteiger charge is -2.25. The molecular weight excluding hydrogens is 412 g/mol. The Hall–Kier alpha value is -2.97. The summed E-state index contributed by atoms with van der Waals surface area (Å²) >= 11 is 0. The van der Waals surface area contributed by atoms with E-state index in [9.17, 15) is 8.42 Å². The summed E-state index contributed by atoms with van der Waals surface area (Å²) in [5.41, 5.74) is 5.02. The van der Waals surface area contributed by atoms with Crippen molar-refractivity contribution in [3.8, 4) is 22.8 Å². The maximum atomic E-state index is 11.2. The Kier molecular flexibility index (Phi) is 5.11. The summed E-state index contributed by atoms with van der Waals surface area (Å²) in [6.45, 7) is 4.32. The summed E-state index contributed by atoms with van der Waals surface area (Å²) in [5, 5.41) is 5.37. The molecule has 5 rings (SSSR count). The molecule has 8 heteroatoms. The molecule has 2 heterocycles. The second-order valence-corrected chi connectivity index (χ2v) is 8.99. The van der Waals surface area contributed by atoms with Gasteiger partial charge < -0.3 is 9.09 Å². The van der Waals surface area contributed by atoms with Gasteiger partial charge in [-0.3, -0.25) is 0 Å². The number of nitrogens with one attached hydrogen (secondary N) is 1. The first-order valence-corrected chi connectivity index (χ1v) is 11.7. The van der Waals surface area contributed by atoms with Crippen molar-refractivity contribution >= 4 is 21.8 Å². The van der Waals surface area contributed by atoms with Gasteiger partial charge in [0.05, 0.1) is 0 Å². The highest BCUT2D eigenvalue weighted by Crippen LogP contribution is 2.36. The molecule has 1 aliphatic carbocycles. The largest absolute Gasteiger partial charge is 0.345 e. The molecule has 1 atom stereocenters. The molecule has 0 fully saturated rings. The van der Waals surface area contributed by atoms with Crippen molar-refractivity contribution in [2.45, 2.75) is 45.2 Å². The van der Waals surface area contributed by atoms with Crippen LogP contribution in [0.5, 0.6) is 0 Å². The number of nitrogens with zero attached hydrogens (tertiary/aromatic N) is 3. The van der Waals surface area contributed by atoms with Crippen molar-refractivity contribution < 1.29 is 12.9 Å². The molecule has 0 amide bonds.